The quantitative estimate of drug-likeness (QED) is 0.779. The van der Waals surface area contributed by atoms with Crippen molar-refractivity contribution >= 4 is 17.5 Å². The van der Waals surface area contributed by atoms with Crippen molar-refractivity contribution in [3.8, 4) is 6.07 Å². The second-order valence-electron chi connectivity index (χ2n) is 6.03. The Kier molecular flexibility index (Phi) is 5.28. The van der Waals surface area contributed by atoms with Crippen LogP contribution < -0.4 is 5.32 Å². The number of carbonyl (C=O) groups is 1. The first-order valence-corrected chi connectivity index (χ1v) is 8.50. The normalized spacial score (nSPS) is 18.6. The fourth-order valence-electron chi connectivity index (χ4n) is 3.40. The number of halogens is 1. The number of fused-ring (bicyclic) bond motifs is 1. The van der Waals surface area contributed by atoms with Gasteiger partial charge in [-0.2, -0.15) is 5.26 Å². The van der Waals surface area contributed by atoms with Crippen LogP contribution in [0.25, 0.3) is 0 Å². The number of hydrogen-bond donors (Lipinski definition) is 1. The average molecular weight is 375 g/mol. The number of aromatic nitrogens is 2. The Morgan fingerprint density at radius 2 is 2.27 bits per heavy atom. The molecular weight excluding hydrogens is 356 g/mol. The van der Waals surface area contributed by atoms with Gasteiger partial charge in [0.25, 0.3) is 5.91 Å². The highest BCUT2D eigenvalue weighted by atomic mass is 35.5. The fraction of sp³-hybridized carbons (Fsp3) is 0.389. The van der Waals surface area contributed by atoms with Gasteiger partial charge in [-0.25, -0.2) is 4.98 Å². The van der Waals surface area contributed by atoms with Crippen LogP contribution in [0.15, 0.2) is 30.7 Å². The van der Waals surface area contributed by atoms with Crippen molar-refractivity contribution in [2.45, 2.75) is 24.7 Å². The molecule has 0 radical (unpaired) electrons. The summed E-state index contributed by atoms with van der Waals surface area (Å²) in [4.78, 5) is 17.5. The Morgan fingerprint density at radius 3 is 2.92 bits per heavy atom. The molecule has 136 valence electrons. The van der Waals surface area contributed by atoms with E-state index in [9.17, 15) is 4.79 Å². The van der Waals surface area contributed by atoms with E-state index in [0.717, 1.165) is 5.69 Å². The third kappa shape index (κ3) is 2.97. The van der Waals surface area contributed by atoms with Crippen LogP contribution >= 0.6 is 11.6 Å². The zero-order chi connectivity index (χ0) is 18.7. The predicted octanol–water partition coefficient (Wildman–Crippen LogP) is 1.83. The highest BCUT2D eigenvalue weighted by Gasteiger charge is 2.47. The van der Waals surface area contributed by atoms with Crippen molar-refractivity contribution < 1.29 is 14.3 Å². The lowest BCUT2D eigenvalue weighted by Gasteiger charge is -2.32. The maximum absolute atomic E-state index is 13.3. The molecule has 1 aliphatic rings. The molecule has 1 atom stereocenters. The Hall–Kier alpha value is -2.40. The van der Waals surface area contributed by atoms with E-state index >= 15 is 0 Å². The van der Waals surface area contributed by atoms with Gasteiger partial charge in [-0.05, 0) is 25.0 Å². The van der Waals surface area contributed by atoms with Crippen LogP contribution in [0.4, 0.5) is 0 Å². The smallest absolute Gasteiger partial charge is 0.251 e. The van der Waals surface area contributed by atoms with E-state index in [1.165, 1.54) is 14.2 Å². The molecular formula is C18H19ClN4O3. The van der Waals surface area contributed by atoms with Crippen molar-refractivity contribution in [1.82, 2.24) is 14.9 Å². The van der Waals surface area contributed by atoms with Crippen molar-refractivity contribution in [2.75, 3.05) is 20.8 Å². The summed E-state index contributed by atoms with van der Waals surface area (Å²) in [6, 6.07) is 7.04. The number of amides is 1. The second kappa shape index (κ2) is 7.46. The third-order valence-corrected chi connectivity index (χ3v) is 5.06. The van der Waals surface area contributed by atoms with Gasteiger partial charge in [0.05, 0.1) is 24.5 Å². The maximum atomic E-state index is 13.3. The van der Waals surface area contributed by atoms with Crippen LogP contribution in [0.5, 0.6) is 0 Å². The number of nitrogens with zero attached hydrogens (tertiary/aromatic N) is 3. The Labute approximate surface area is 156 Å². The minimum Gasteiger partial charge on any atom is -0.354 e. The number of nitriles is 1. The van der Waals surface area contributed by atoms with Crippen LogP contribution in [-0.2, 0) is 26.2 Å². The predicted molar refractivity (Wildman–Crippen MR) is 94.6 cm³/mol. The first-order valence-electron chi connectivity index (χ1n) is 8.12. The number of hydrogen-bond acceptors (Lipinski definition) is 5. The highest BCUT2D eigenvalue weighted by Crippen LogP contribution is 2.41. The van der Waals surface area contributed by atoms with Gasteiger partial charge < -0.3 is 19.4 Å². The molecule has 1 amide bonds. The molecule has 8 heteroatoms. The van der Waals surface area contributed by atoms with Crippen LogP contribution in [0.3, 0.4) is 0 Å². The number of nitrogens with one attached hydrogen (secondary N) is 1. The second-order valence-corrected chi connectivity index (χ2v) is 6.44. The zero-order valence-corrected chi connectivity index (χ0v) is 15.3. The lowest BCUT2D eigenvalue weighted by molar-refractivity contribution is -0.133. The minimum absolute atomic E-state index is 0.200. The number of methoxy groups -OCH3 is 2. The summed E-state index contributed by atoms with van der Waals surface area (Å²) in [6.45, 7) is 0.200. The van der Waals surface area contributed by atoms with E-state index in [-0.39, 0.29) is 12.5 Å². The van der Waals surface area contributed by atoms with E-state index < -0.39 is 11.8 Å². The van der Waals surface area contributed by atoms with E-state index in [0.29, 0.717) is 29.0 Å². The number of imidazole rings is 1. The number of carbonyl (C=O) groups excluding carboxylic acids is 1. The molecule has 1 unspecified atom stereocenters. The largest absolute Gasteiger partial charge is 0.354 e. The minimum atomic E-state index is -1.02. The van der Waals surface area contributed by atoms with Crippen molar-refractivity contribution in [3.05, 3.63) is 52.6 Å². The summed E-state index contributed by atoms with van der Waals surface area (Å²) < 4.78 is 12.1. The molecule has 1 aliphatic heterocycles. The molecule has 7 nitrogen and oxygen atoms in total. The van der Waals surface area contributed by atoms with Gasteiger partial charge in [0, 0.05) is 36.7 Å². The molecule has 1 N–H and O–H groups in total. The van der Waals surface area contributed by atoms with Crippen LogP contribution in [0.1, 0.15) is 23.2 Å². The van der Waals surface area contributed by atoms with Crippen LogP contribution in [0.2, 0.25) is 5.02 Å². The van der Waals surface area contributed by atoms with E-state index in [1.54, 1.807) is 30.7 Å². The maximum Gasteiger partial charge on any atom is 0.251 e. The van der Waals surface area contributed by atoms with Crippen molar-refractivity contribution in [2.24, 2.45) is 0 Å². The molecule has 0 saturated heterocycles. The molecule has 2 aromatic rings. The van der Waals surface area contributed by atoms with Gasteiger partial charge in [-0.15, -0.1) is 0 Å². The van der Waals surface area contributed by atoms with Gasteiger partial charge in [0.15, 0.2) is 11.8 Å². The standard InChI is InChI=1S/C18H19ClN4O3/c1-25-16(26-2)10-22-17(24)18(6-5-13-9-21-11-23(13)18)14-4-3-12(8-20)7-15(14)19/h3-4,7,9,11,16H,5-6,10H2,1-2H3,(H,22,24). The molecule has 26 heavy (non-hydrogen) atoms. The number of rotatable bonds is 6. The highest BCUT2D eigenvalue weighted by molar-refractivity contribution is 6.32. The first kappa shape index (κ1) is 18.4. The van der Waals surface area contributed by atoms with Crippen molar-refractivity contribution in [1.29, 1.82) is 5.26 Å². The molecule has 0 bridgehead atoms. The van der Waals surface area contributed by atoms with Gasteiger partial charge in [0.1, 0.15) is 0 Å². The van der Waals surface area contributed by atoms with Crippen molar-refractivity contribution in [3.63, 3.8) is 0 Å². The summed E-state index contributed by atoms with van der Waals surface area (Å²) in [5.41, 5.74) is 1.01. The molecule has 1 aromatic heterocycles. The molecule has 0 saturated carbocycles. The Balaban J connectivity index is 2.03. The topological polar surface area (TPSA) is 89.2 Å². The summed E-state index contributed by atoms with van der Waals surface area (Å²) in [5, 5.41) is 12.3. The van der Waals surface area contributed by atoms with Crippen LogP contribution in [0, 0.1) is 11.3 Å². The van der Waals surface area contributed by atoms with Crippen LogP contribution in [-0.4, -0.2) is 42.5 Å². The van der Waals surface area contributed by atoms with Gasteiger partial charge in [-0.3, -0.25) is 4.79 Å². The SMILES string of the molecule is COC(CNC(=O)C1(c2ccc(C#N)cc2Cl)CCc2cncn21)OC. The fourth-order valence-corrected chi connectivity index (χ4v) is 3.73. The Bertz CT molecular complexity index is 856. The van der Waals surface area contributed by atoms with Gasteiger partial charge >= 0.3 is 0 Å². The van der Waals surface area contributed by atoms with Gasteiger partial charge in [-0.1, -0.05) is 17.7 Å². The molecule has 3 rings (SSSR count). The van der Waals surface area contributed by atoms with Gasteiger partial charge in [0.2, 0.25) is 0 Å². The number of ether oxygens (including phenoxy) is 2. The number of aryl methyl sites for hydroxylation is 1. The average Bonchev–Trinajstić information content (AvgIpc) is 3.25. The van der Waals surface area contributed by atoms with E-state index in [4.69, 9.17) is 26.3 Å². The molecule has 0 fully saturated rings. The lowest BCUT2D eigenvalue weighted by atomic mass is 9.86. The lowest BCUT2D eigenvalue weighted by Crippen LogP contribution is -2.50. The first-order chi connectivity index (χ1) is 12.6. The summed E-state index contributed by atoms with van der Waals surface area (Å²) in [5.74, 6) is -0.222. The van der Waals surface area contributed by atoms with E-state index in [1.807, 2.05) is 4.57 Å². The zero-order valence-electron chi connectivity index (χ0n) is 14.5. The summed E-state index contributed by atoms with van der Waals surface area (Å²) in [7, 11) is 3.02. The molecule has 0 aliphatic carbocycles. The third-order valence-electron chi connectivity index (χ3n) is 4.74. The molecule has 2 heterocycles. The summed E-state index contributed by atoms with van der Waals surface area (Å²) >= 11 is 6.46. The number of benzene rings is 1. The van der Waals surface area contributed by atoms with E-state index in [2.05, 4.69) is 16.4 Å². The monoisotopic (exact) mass is 374 g/mol. The molecule has 0 spiro atoms. The molecule has 1 aromatic carbocycles. The summed E-state index contributed by atoms with van der Waals surface area (Å²) in [6.07, 6.45) is 4.09. The Morgan fingerprint density at radius 1 is 1.50 bits per heavy atom.